The summed E-state index contributed by atoms with van der Waals surface area (Å²) in [4.78, 5) is 25.0. The standard InChI is InChI=1S/C21H33Cl2N3O3/c1-12-3-5-15(13(2)24-12)19(28)26-21-9-20(10-21,11-21)25-18(27)8-29-14-4-6-16(22)17(23)7-14/h12-17,24H,3-11H2,1-2H3,(H,25,27)(H,26,28). The number of carbonyl (C=O) groups is 2. The summed E-state index contributed by atoms with van der Waals surface area (Å²) in [7, 11) is 0. The summed E-state index contributed by atoms with van der Waals surface area (Å²) in [6.45, 7) is 4.32. The fourth-order valence-corrected chi connectivity index (χ4v) is 6.37. The van der Waals surface area contributed by atoms with Crippen LogP contribution in [0.25, 0.3) is 0 Å². The van der Waals surface area contributed by atoms with Crippen LogP contribution >= 0.6 is 23.2 Å². The van der Waals surface area contributed by atoms with Gasteiger partial charge in [-0.2, -0.15) is 0 Å². The summed E-state index contributed by atoms with van der Waals surface area (Å²) in [5.74, 6) is 0.112. The molecule has 164 valence electrons. The topological polar surface area (TPSA) is 79.5 Å². The second-order valence-corrected chi connectivity index (χ2v) is 11.1. The number of hydrogen-bond acceptors (Lipinski definition) is 4. The van der Waals surface area contributed by atoms with Gasteiger partial charge in [0.2, 0.25) is 11.8 Å². The molecule has 6 atom stereocenters. The zero-order valence-corrected chi connectivity index (χ0v) is 18.8. The molecule has 0 aromatic heterocycles. The maximum absolute atomic E-state index is 12.7. The number of alkyl halides is 2. The molecule has 1 heterocycles. The Hall–Kier alpha value is -0.560. The van der Waals surface area contributed by atoms with Crippen LogP contribution in [0.15, 0.2) is 0 Å². The van der Waals surface area contributed by atoms with E-state index in [4.69, 9.17) is 27.9 Å². The number of ether oxygens (including phenoxy) is 1. The lowest BCUT2D eigenvalue weighted by molar-refractivity contribution is -0.155. The van der Waals surface area contributed by atoms with Crippen molar-refractivity contribution in [3.8, 4) is 0 Å². The van der Waals surface area contributed by atoms with Gasteiger partial charge in [0.15, 0.2) is 0 Å². The highest BCUT2D eigenvalue weighted by molar-refractivity contribution is 6.30. The first-order valence-electron chi connectivity index (χ1n) is 11.0. The van der Waals surface area contributed by atoms with Crippen LogP contribution in [0.1, 0.15) is 65.2 Å². The molecule has 2 amide bonds. The average Bonchev–Trinajstić information content (AvgIpc) is 2.59. The fourth-order valence-electron chi connectivity index (χ4n) is 5.81. The number of halogens is 2. The summed E-state index contributed by atoms with van der Waals surface area (Å²) in [6, 6.07) is 0.684. The Morgan fingerprint density at radius 1 is 1.00 bits per heavy atom. The molecule has 0 spiro atoms. The van der Waals surface area contributed by atoms with Gasteiger partial charge < -0.3 is 20.7 Å². The lowest BCUT2D eigenvalue weighted by atomic mass is 9.44. The first-order valence-corrected chi connectivity index (χ1v) is 11.9. The summed E-state index contributed by atoms with van der Waals surface area (Å²) in [6.07, 6.45) is 6.80. The molecule has 5 fully saturated rings. The van der Waals surface area contributed by atoms with Gasteiger partial charge in [0.1, 0.15) is 6.61 Å². The third kappa shape index (κ3) is 4.56. The zero-order chi connectivity index (χ0) is 20.8. The molecule has 0 radical (unpaired) electrons. The predicted molar refractivity (Wildman–Crippen MR) is 113 cm³/mol. The van der Waals surface area contributed by atoms with Crippen molar-refractivity contribution in [2.75, 3.05) is 6.61 Å². The molecular formula is C21H33Cl2N3O3. The van der Waals surface area contributed by atoms with Gasteiger partial charge in [-0.1, -0.05) is 0 Å². The van der Waals surface area contributed by atoms with E-state index in [0.29, 0.717) is 12.5 Å². The van der Waals surface area contributed by atoms with Crippen molar-refractivity contribution >= 4 is 35.0 Å². The molecule has 3 N–H and O–H groups in total. The molecule has 4 saturated carbocycles. The van der Waals surface area contributed by atoms with E-state index in [-0.39, 0.29) is 58.3 Å². The van der Waals surface area contributed by atoms with Crippen LogP contribution in [-0.4, -0.2) is 58.4 Å². The maximum atomic E-state index is 12.7. The summed E-state index contributed by atoms with van der Waals surface area (Å²) < 4.78 is 5.75. The Labute approximate surface area is 183 Å². The average molecular weight is 446 g/mol. The molecular weight excluding hydrogens is 413 g/mol. The van der Waals surface area contributed by atoms with E-state index in [1.54, 1.807) is 0 Å². The van der Waals surface area contributed by atoms with E-state index in [1.807, 2.05) is 0 Å². The number of rotatable bonds is 6. The van der Waals surface area contributed by atoms with E-state index in [9.17, 15) is 9.59 Å². The smallest absolute Gasteiger partial charge is 0.246 e. The minimum atomic E-state index is -0.151. The molecule has 2 bridgehead atoms. The molecule has 6 unspecified atom stereocenters. The molecule has 8 heteroatoms. The highest BCUT2D eigenvalue weighted by Crippen LogP contribution is 2.60. The molecule has 29 heavy (non-hydrogen) atoms. The van der Waals surface area contributed by atoms with Crippen molar-refractivity contribution in [3.63, 3.8) is 0 Å². The SMILES string of the molecule is CC1CCC(C(=O)NC23CC(NC(=O)COC4CCC(Cl)C(Cl)C4)(C2)C3)C(C)N1. The van der Waals surface area contributed by atoms with Gasteiger partial charge in [-0.15, -0.1) is 23.2 Å². The molecule has 0 aromatic carbocycles. The summed E-state index contributed by atoms with van der Waals surface area (Å²) >= 11 is 12.3. The Morgan fingerprint density at radius 3 is 2.34 bits per heavy atom. The number of carbonyl (C=O) groups excluding carboxylic acids is 2. The van der Waals surface area contributed by atoms with Gasteiger partial charge in [0, 0.05) is 23.2 Å². The largest absolute Gasteiger partial charge is 0.368 e. The van der Waals surface area contributed by atoms with E-state index in [0.717, 1.165) is 44.9 Å². The number of amides is 2. The van der Waals surface area contributed by atoms with Crippen molar-refractivity contribution in [2.45, 2.75) is 105 Å². The van der Waals surface area contributed by atoms with Crippen LogP contribution in [0.4, 0.5) is 0 Å². The number of hydrogen-bond donors (Lipinski definition) is 3. The zero-order valence-electron chi connectivity index (χ0n) is 17.3. The Bertz CT molecular complexity index is 641. The first-order chi connectivity index (χ1) is 13.7. The minimum Gasteiger partial charge on any atom is -0.368 e. The van der Waals surface area contributed by atoms with E-state index < -0.39 is 0 Å². The van der Waals surface area contributed by atoms with Crippen LogP contribution in [0, 0.1) is 5.92 Å². The minimum absolute atomic E-state index is 0.00530. The van der Waals surface area contributed by atoms with Crippen LogP contribution in [0.3, 0.4) is 0 Å². The van der Waals surface area contributed by atoms with Crippen molar-refractivity contribution in [1.82, 2.24) is 16.0 Å². The van der Waals surface area contributed by atoms with Crippen LogP contribution < -0.4 is 16.0 Å². The maximum Gasteiger partial charge on any atom is 0.246 e. The molecule has 1 aliphatic heterocycles. The molecule has 5 rings (SSSR count). The predicted octanol–water partition coefficient (Wildman–Crippen LogP) is 2.45. The third-order valence-corrected chi connectivity index (χ3v) is 8.45. The number of nitrogens with one attached hydrogen (secondary N) is 3. The molecule has 4 aliphatic carbocycles. The van der Waals surface area contributed by atoms with Crippen molar-refractivity contribution in [2.24, 2.45) is 5.92 Å². The van der Waals surface area contributed by atoms with Crippen molar-refractivity contribution in [3.05, 3.63) is 0 Å². The van der Waals surface area contributed by atoms with Gasteiger partial charge in [0.25, 0.3) is 0 Å². The van der Waals surface area contributed by atoms with Gasteiger partial charge in [-0.05, 0) is 65.2 Å². The number of piperidine rings is 1. The molecule has 1 saturated heterocycles. The quantitative estimate of drug-likeness (QED) is 0.548. The van der Waals surface area contributed by atoms with Crippen molar-refractivity contribution < 1.29 is 14.3 Å². The third-order valence-electron chi connectivity index (χ3n) is 7.32. The van der Waals surface area contributed by atoms with E-state index in [1.165, 1.54) is 0 Å². The second-order valence-electron chi connectivity index (χ2n) is 9.95. The van der Waals surface area contributed by atoms with E-state index >= 15 is 0 Å². The lowest BCUT2D eigenvalue weighted by Gasteiger charge is -2.70. The van der Waals surface area contributed by atoms with Gasteiger partial charge in [-0.3, -0.25) is 9.59 Å². The molecule has 0 aromatic rings. The van der Waals surface area contributed by atoms with Gasteiger partial charge in [-0.25, -0.2) is 0 Å². The second kappa shape index (κ2) is 8.18. The van der Waals surface area contributed by atoms with Gasteiger partial charge >= 0.3 is 0 Å². The lowest BCUT2D eigenvalue weighted by Crippen LogP contribution is -2.84. The first kappa shape index (κ1) is 21.7. The molecule has 6 nitrogen and oxygen atoms in total. The Morgan fingerprint density at radius 2 is 1.69 bits per heavy atom. The van der Waals surface area contributed by atoms with Crippen molar-refractivity contribution in [1.29, 1.82) is 0 Å². The van der Waals surface area contributed by atoms with Gasteiger partial charge in [0.05, 0.1) is 22.8 Å². The Balaban J connectivity index is 1.16. The highest BCUT2D eigenvalue weighted by Gasteiger charge is 2.69. The summed E-state index contributed by atoms with van der Waals surface area (Å²) in [5, 5.41) is 9.78. The highest BCUT2D eigenvalue weighted by atomic mass is 35.5. The Kier molecular flexibility index (Phi) is 6.11. The van der Waals surface area contributed by atoms with Crippen LogP contribution in [0.5, 0.6) is 0 Å². The van der Waals surface area contributed by atoms with E-state index in [2.05, 4.69) is 29.8 Å². The molecule has 5 aliphatic rings. The fraction of sp³-hybridized carbons (Fsp3) is 0.905. The van der Waals surface area contributed by atoms with Crippen LogP contribution in [0.2, 0.25) is 0 Å². The van der Waals surface area contributed by atoms with Crippen LogP contribution in [-0.2, 0) is 14.3 Å². The normalized spacial score (nSPS) is 46.2. The monoisotopic (exact) mass is 445 g/mol. The summed E-state index contributed by atoms with van der Waals surface area (Å²) in [5.41, 5.74) is -0.264.